The third kappa shape index (κ3) is 7.44. The van der Waals surface area contributed by atoms with Crippen LogP contribution in [0, 0.1) is 0 Å². The molecule has 0 saturated heterocycles. The lowest BCUT2D eigenvalue weighted by molar-refractivity contribution is -0.130. The Morgan fingerprint density at radius 2 is 2.04 bits per heavy atom. The quantitative estimate of drug-likeness (QED) is 0.401. The smallest absolute Gasteiger partial charge is 0.259 e. The van der Waals surface area contributed by atoms with Crippen LogP contribution in [0.15, 0.2) is 47.6 Å². The van der Waals surface area contributed by atoms with Gasteiger partial charge in [0, 0.05) is 40.4 Å². The first-order chi connectivity index (χ1) is 13.5. The molecule has 0 aliphatic carbocycles. The average Bonchev–Trinajstić information content (AvgIpc) is 2.70. The fraction of sp³-hybridized carbons (Fsp3) is 0.350. The monoisotopic (exact) mass is 403 g/mol. The maximum absolute atomic E-state index is 11.6. The van der Waals surface area contributed by atoms with Crippen LogP contribution < -0.4 is 15.4 Å². The van der Waals surface area contributed by atoms with E-state index >= 15 is 0 Å². The van der Waals surface area contributed by atoms with Crippen molar-refractivity contribution in [3.05, 3.63) is 58.9 Å². The second-order valence-corrected chi connectivity index (χ2v) is 6.70. The van der Waals surface area contributed by atoms with Crippen LogP contribution in [0.3, 0.4) is 0 Å². The van der Waals surface area contributed by atoms with Crippen molar-refractivity contribution < 1.29 is 9.53 Å². The molecule has 2 N–H and O–H groups in total. The zero-order valence-electron chi connectivity index (χ0n) is 16.4. The molecule has 1 amide bonds. The van der Waals surface area contributed by atoms with Gasteiger partial charge in [0.2, 0.25) is 0 Å². The molecule has 0 unspecified atom stereocenters. The lowest BCUT2D eigenvalue weighted by Gasteiger charge is -2.14. The molecule has 150 valence electrons. The molecule has 1 aromatic heterocycles. The highest BCUT2D eigenvalue weighted by Gasteiger charge is 2.06. The fourth-order valence-corrected chi connectivity index (χ4v) is 2.42. The van der Waals surface area contributed by atoms with Gasteiger partial charge in [-0.1, -0.05) is 29.8 Å². The summed E-state index contributed by atoms with van der Waals surface area (Å²) in [4.78, 5) is 21.4. The molecule has 2 aromatic rings. The lowest BCUT2D eigenvalue weighted by Crippen LogP contribution is -2.37. The Morgan fingerprint density at radius 3 is 2.71 bits per heavy atom. The van der Waals surface area contributed by atoms with E-state index in [1.807, 2.05) is 30.3 Å². The first-order valence-corrected chi connectivity index (χ1v) is 9.32. The van der Waals surface area contributed by atoms with Crippen molar-refractivity contribution in [2.24, 2.45) is 4.99 Å². The molecule has 0 atom stereocenters. The van der Waals surface area contributed by atoms with Crippen LogP contribution in [-0.2, 0) is 17.8 Å². The number of carbonyl (C=O) groups is 1. The van der Waals surface area contributed by atoms with E-state index in [2.05, 4.69) is 20.6 Å². The molecule has 0 saturated carbocycles. The van der Waals surface area contributed by atoms with Crippen LogP contribution in [0.1, 0.15) is 11.1 Å². The van der Waals surface area contributed by atoms with Gasteiger partial charge in [-0.2, -0.15) is 0 Å². The van der Waals surface area contributed by atoms with Crippen LogP contribution in [0.4, 0.5) is 0 Å². The average molecular weight is 404 g/mol. The number of amides is 1. The lowest BCUT2D eigenvalue weighted by atomic mass is 10.2. The maximum Gasteiger partial charge on any atom is 0.259 e. The Bertz CT molecular complexity index is 793. The molecule has 1 heterocycles. The number of aliphatic imine (C=N–C) groups is 1. The summed E-state index contributed by atoms with van der Waals surface area (Å²) < 4.78 is 5.55. The highest BCUT2D eigenvalue weighted by molar-refractivity contribution is 6.29. The molecule has 0 aliphatic rings. The van der Waals surface area contributed by atoms with E-state index in [0.717, 1.165) is 24.1 Å². The molecule has 0 spiro atoms. The summed E-state index contributed by atoms with van der Waals surface area (Å²) in [5.74, 6) is 1.28. The minimum absolute atomic E-state index is 0.0205. The number of hydrogen-bond acceptors (Lipinski definition) is 4. The second-order valence-electron chi connectivity index (χ2n) is 6.32. The number of benzene rings is 1. The second kappa shape index (κ2) is 11.1. The van der Waals surface area contributed by atoms with Crippen LogP contribution in [0.2, 0.25) is 5.15 Å². The molecular weight excluding hydrogens is 378 g/mol. The number of aromatic nitrogens is 1. The SMILES string of the molecule is CN=C(NCCc1ccc(Cl)nc1)NCc1cccc(OCC(=O)N(C)C)c1. The number of halogens is 1. The molecule has 28 heavy (non-hydrogen) atoms. The maximum atomic E-state index is 11.6. The van der Waals surface area contributed by atoms with Gasteiger partial charge in [-0.05, 0) is 35.7 Å². The molecule has 0 fully saturated rings. The molecule has 0 radical (unpaired) electrons. The van der Waals surface area contributed by atoms with Crippen molar-refractivity contribution in [2.75, 3.05) is 34.3 Å². The van der Waals surface area contributed by atoms with Gasteiger partial charge in [-0.15, -0.1) is 0 Å². The predicted molar refractivity (Wildman–Crippen MR) is 112 cm³/mol. The van der Waals surface area contributed by atoms with Gasteiger partial charge in [-0.25, -0.2) is 4.98 Å². The fourth-order valence-electron chi connectivity index (χ4n) is 2.31. The van der Waals surface area contributed by atoms with E-state index in [1.54, 1.807) is 33.4 Å². The highest BCUT2D eigenvalue weighted by atomic mass is 35.5. The van der Waals surface area contributed by atoms with Gasteiger partial charge in [0.15, 0.2) is 12.6 Å². The first-order valence-electron chi connectivity index (χ1n) is 8.95. The third-order valence-electron chi connectivity index (χ3n) is 3.94. The standard InChI is InChI=1S/C20H26ClN5O2/c1-22-20(23-10-9-15-7-8-18(21)24-12-15)25-13-16-5-4-6-17(11-16)28-14-19(27)26(2)3/h4-8,11-12H,9-10,13-14H2,1-3H3,(H2,22,23,25). The van der Waals surface area contributed by atoms with Crippen LogP contribution in [-0.4, -0.2) is 56.0 Å². The molecule has 1 aromatic carbocycles. The van der Waals surface area contributed by atoms with Crippen LogP contribution in [0.5, 0.6) is 5.75 Å². The van der Waals surface area contributed by atoms with Crippen molar-refractivity contribution in [1.29, 1.82) is 0 Å². The number of pyridine rings is 1. The summed E-state index contributed by atoms with van der Waals surface area (Å²) in [7, 11) is 5.13. The van der Waals surface area contributed by atoms with E-state index < -0.39 is 0 Å². The van der Waals surface area contributed by atoms with Gasteiger partial charge in [-0.3, -0.25) is 9.79 Å². The summed E-state index contributed by atoms with van der Waals surface area (Å²) in [5, 5.41) is 7.02. The van der Waals surface area contributed by atoms with E-state index in [0.29, 0.717) is 23.4 Å². The number of carbonyl (C=O) groups excluding carboxylic acids is 1. The van der Waals surface area contributed by atoms with Crippen molar-refractivity contribution in [2.45, 2.75) is 13.0 Å². The van der Waals surface area contributed by atoms with Gasteiger partial charge in [0.1, 0.15) is 10.9 Å². The summed E-state index contributed by atoms with van der Waals surface area (Å²) in [6, 6.07) is 11.4. The van der Waals surface area contributed by atoms with E-state index in [1.165, 1.54) is 4.90 Å². The van der Waals surface area contributed by atoms with Crippen molar-refractivity contribution in [3.8, 4) is 5.75 Å². The number of rotatable bonds is 8. The zero-order valence-corrected chi connectivity index (χ0v) is 17.2. The molecule has 2 rings (SSSR count). The summed E-state index contributed by atoms with van der Waals surface area (Å²) in [5.41, 5.74) is 2.13. The van der Waals surface area contributed by atoms with E-state index in [9.17, 15) is 4.79 Å². The van der Waals surface area contributed by atoms with Crippen LogP contribution >= 0.6 is 11.6 Å². The molecule has 0 aliphatic heterocycles. The zero-order chi connectivity index (χ0) is 20.4. The number of ether oxygens (including phenoxy) is 1. The van der Waals surface area contributed by atoms with Gasteiger partial charge >= 0.3 is 0 Å². The summed E-state index contributed by atoms with van der Waals surface area (Å²) >= 11 is 5.79. The Labute approximate surface area is 170 Å². The minimum atomic E-state index is -0.0796. The number of likely N-dealkylation sites (N-methyl/N-ethyl adjacent to an activating group) is 1. The number of hydrogen-bond donors (Lipinski definition) is 2. The summed E-state index contributed by atoms with van der Waals surface area (Å²) in [6.07, 6.45) is 2.58. The van der Waals surface area contributed by atoms with Gasteiger partial charge in [0.25, 0.3) is 5.91 Å². The third-order valence-corrected chi connectivity index (χ3v) is 4.16. The Hall–Kier alpha value is -2.80. The largest absolute Gasteiger partial charge is 0.484 e. The normalized spacial score (nSPS) is 11.1. The summed E-state index contributed by atoms with van der Waals surface area (Å²) in [6.45, 7) is 1.33. The van der Waals surface area contributed by atoms with E-state index in [-0.39, 0.29) is 12.5 Å². The van der Waals surface area contributed by atoms with Crippen LogP contribution in [0.25, 0.3) is 0 Å². The van der Waals surface area contributed by atoms with Gasteiger partial charge < -0.3 is 20.3 Å². The Kier molecular flexibility index (Phi) is 8.55. The molecular formula is C20H26ClN5O2. The van der Waals surface area contributed by atoms with Crippen molar-refractivity contribution in [1.82, 2.24) is 20.5 Å². The van der Waals surface area contributed by atoms with Gasteiger partial charge in [0.05, 0.1) is 0 Å². The van der Waals surface area contributed by atoms with Crippen molar-refractivity contribution in [3.63, 3.8) is 0 Å². The Balaban J connectivity index is 1.78. The number of guanidine groups is 1. The minimum Gasteiger partial charge on any atom is -0.484 e. The molecule has 8 heteroatoms. The molecule has 0 bridgehead atoms. The van der Waals surface area contributed by atoms with E-state index in [4.69, 9.17) is 16.3 Å². The number of nitrogens with zero attached hydrogens (tertiary/aromatic N) is 3. The first kappa shape index (κ1) is 21.5. The topological polar surface area (TPSA) is 78.9 Å². The molecule has 7 nitrogen and oxygen atoms in total. The Morgan fingerprint density at radius 1 is 1.21 bits per heavy atom. The van der Waals surface area contributed by atoms with Crippen molar-refractivity contribution >= 4 is 23.5 Å². The highest BCUT2D eigenvalue weighted by Crippen LogP contribution is 2.13. The number of nitrogens with one attached hydrogen (secondary N) is 2. The predicted octanol–water partition coefficient (Wildman–Crippen LogP) is 2.11.